The Hall–Kier alpha value is -2.29. The van der Waals surface area contributed by atoms with Crippen LogP contribution >= 0.6 is 11.3 Å². The van der Waals surface area contributed by atoms with Crippen molar-refractivity contribution in [2.24, 2.45) is 0 Å². The molecule has 0 aliphatic heterocycles. The topological polar surface area (TPSA) is 106 Å². The van der Waals surface area contributed by atoms with Crippen LogP contribution in [-0.4, -0.2) is 26.4 Å². The summed E-state index contributed by atoms with van der Waals surface area (Å²) in [6, 6.07) is 0. The first-order valence-corrected chi connectivity index (χ1v) is 6.94. The maximum atomic E-state index is 11.1. The normalized spacial score (nSPS) is 10.3. The van der Waals surface area contributed by atoms with E-state index in [2.05, 4.69) is 25.6 Å². The van der Waals surface area contributed by atoms with Gasteiger partial charge in [-0.05, 0) is 13.8 Å². The standard InChI is InChI=1S/C11H14N6O2S/c1-3-12-11-15-7(2)9(17(18)19)10(16-11)13-4-8-5-20-6-14-8/h5-6H,3-4H2,1-2H3,(H2,12,13,15,16). The van der Waals surface area contributed by atoms with E-state index in [1.807, 2.05) is 12.3 Å². The number of aryl methyl sites for hydroxylation is 1. The van der Waals surface area contributed by atoms with Gasteiger partial charge < -0.3 is 10.6 Å². The number of hydrogen-bond acceptors (Lipinski definition) is 8. The minimum Gasteiger partial charge on any atom is -0.358 e. The van der Waals surface area contributed by atoms with Gasteiger partial charge in [0.25, 0.3) is 0 Å². The fraction of sp³-hybridized carbons (Fsp3) is 0.364. The average molecular weight is 294 g/mol. The summed E-state index contributed by atoms with van der Waals surface area (Å²) in [4.78, 5) is 23.0. The van der Waals surface area contributed by atoms with Gasteiger partial charge in [0.1, 0.15) is 5.69 Å². The predicted octanol–water partition coefficient (Wildman–Crippen LogP) is 2.19. The van der Waals surface area contributed by atoms with E-state index in [1.165, 1.54) is 11.3 Å². The summed E-state index contributed by atoms with van der Waals surface area (Å²) >= 11 is 1.47. The van der Waals surface area contributed by atoms with Gasteiger partial charge in [0.2, 0.25) is 11.8 Å². The quantitative estimate of drug-likeness (QED) is 0.621. The van der Waals surface area contributed by atoms with E-state index in [4.69, 9.17) is 0 Å². The Balaban J connectivity index is 2.29. The molecule has 20 heavy (non-hydrogen) atoms. The summed E-state index contributed by atoms with van der Waals surface area (Å²) in [5.41, 5.74) is 2.73. The van der Waals surface area contributed by atoms with E-state index in [-0.39, 0.29) is 11.5 Å². The van der Waals surface area contributed by atoms with Crippen LogP contribution in [0.2, 0.25) is 0 Å². The van der Waals surface area contributed by atoms with Gasteiger partial charge in [-0.3, -0.25) is 10.1 Å². The van der Waals surface area contributed by atoms with E-state index in [0.717, 1.165) is 5.69 Å². The average Bonchev–Trinajstić information content (AvgIpc) is 2.88. The number of hydrogen-bond donors (Lipinski definition) is 2. The van der Waals surface area contributed by atoms with Gasteiger partial charge in [-0.1, -0.05) is 0 Å². The smallest absolute Gasteiger partial charge is 0.332 e. The van der Waals surface area contributed by atoms with Gasteiger partial charge in [0.15, 0.2) is 0 Å². The largest absolute Gasteiger partial charge is 0.358 e. The maximum absolute atomic E-state index is 11.1. The minimum atomic E-state index is -0.478. The lowest BCUT2D eigenvalue weighted by Gasteiger charge is -2.09. The summed E-state index contributed by atoms with van der Waals surface area (Å²) in [6.45, 7) is 4.52. The van der Waals surface area contributed by atoms with Crippen molar-refractivity contribution in [1.29, 1.82) is 0 Å². The number of thiazole rings is 1. The zero-order chi connectivity index (χ0) is 14.5. The summed E-state index contributed by atoms with van der Waals surface area (Å²) in [5.74, 6) is 0.572. The summed E-state index contributed by atoms with van der Waals surface area (Å²) < 4.78 is 0. The molecule has 106 valence electrons. The maximum Gasteiger partial charge on any atom is 0.332 e. The zero-order valence-corrected chi connectivity index (χ0v) is 11.9. The molecule has 9 heteroatoms. The summed E-state index contributed by atoms with van der Waals surface area (Å²) in [7, 11) is 0. The van der Waals surface area contributed by atoms with Gasteiger partial charge >= 0.3 is 5.69 Å². The Kier molecular flexibility index (Phi) is 4.41. The van der Waals surface area contributed by atoms with Crippen molar-refractivity contribution >= 4 is 28.8 Å². The van der Waals surface area contributed by atoms with Crippen LogP contribution in [-0.2, 0) is 6.54 Å². The van der Waals surface area contributed by atoms with Gasteiger partial charge in [-0.15, -0.1) is 11.3 Å². The van der Waals surface area contributed by atoms with Crippen molar-refractivity contribution in [2.45, 2.75) is 20.4 Å². The minimum absolute atomic E-state index is 0.109. The van der Waals surface area contributed by atoms with E-state index in [9.17, 15) is 10.1 Å². The van der Waals surface area contributed by atoms with Crippen LogP contribution in [0.5, 0.6) is 0 Å². The fourth-order valence-corrected chi connectivity index (χ4v) is 2.20. The van der Waals surface area contributed by atoms with Crippen molar-refractivity contribution in [3.05, 3.63) is 32.4 Å². The Morgan fingerprint density at radius 2 is 2.20 bits per heavy atom. The molecule has 2 N–H and O–H groups in total. The predicted molar refractivity (Wildman–Crippen MR) is 77.0 cm³/mol. The summed E-state index contributed by atoms with van der Waals surface area (Å²) in [6.07, 6.45) is 0. The number of anilines is 2. The molecule has 0 aliphatic carbocycles. The highest BCUT2D eigenvalue weighted by Gasteiger charge is 2.21. The molecule has 0 unspecified atom stereocenters. The van der Waals surface area contributed by atoms with Crippen LogP contribution in [0.3, 0.4) is 0 Å². The molecule has 8 nitrogen and oxygen atoms in total. The van der Waals surface area contributed by atoms with Crippen LogP contribution in [0, 0.1) is 17.0 Å². The van der Waals surface area contributed by atoms with Gasteiger partial charge in [-0.25, -0.2) is 9.97 Å². The molecule has 0 bridgehead atoms. The number of aromatic nitrogens is 3. The Bertz CT molecular complexity index is 601. The fourth-order valence-electron chi connectivity index (χ4n) is 1.65. The molecular weight excluding hydrogens is 280 g/mol. The van der Waals surface area contributed by atoms with Crippen molar-refractivity contribution in [3.63, 3.8) is 0 Å². The molecule has 2 rings (SSSR count). The molecule has 2 aromatic heterocycles. The third-order valence-electron chi connectivity index (χ3n) is 2.50. The second-order valence-corrected chi connectivity index (χ2v) is 4.67. The molecule has 2 aromatic rings. The van der Waals surface area contributed by atoms with Gasteiger partial charge in [0.05, 0.1) is 22.7 Å². The second kappa shape index (κ2) is 6.24. The van der Waals surface area contributed by atoms with Crippen LogP contribution in [0.4, 0.5) is 17.5 Å². The van der Waals surface area contributed by atoms with Crippen LogP contribution in [0.15, 0.2) is 10.9 Å². The highest BCUT2D eigenvalue weighted by molar-refractivity contribution is 7.07. The lowest BCUT2D eigenvalue weighted by molar-refractivity contribution is -0.385. The first-order chi connectivity index (χ1) is 9.61. The Morgan fingerprint density at radius 3 is 2.80 bits per heavy atom. The summed E-state index contributed by atoms with van der Waals surface area (Å²) in [5, 5.41) is 18.9. The Morgan fingerprint density at radius 1 is 1.40 bits per heavy atom. The lowest BCUT2D eigenvalue weighted by atomic mass is 10.3. The zero-order valence-electron chi connectivity index (χ0n) is 11.1. The molecule has 0 saturated heterocycles. The van der Waals surface area contributed by atoms with Gasteiger partial charge in [0, 0.05) is 11.9 Å². The lowest BCUT2D eigenvalue weighted by Crippen LogP contribution is -2.11. The van der Waals surface area contributed by atoms with Crippen molar-refractivity contribution in [3.8, 4) is 0 Å². The Labute approximate surface area is 119 Å². The molecule has 0 saturated carbocycles. The molecule has 0 aromatic carbocycles. The second-order valence-electron chi connectivity index (χ2n) is 3.95. The molecule has 0 aliphatic rings. The molecule has 0 amide bonds. The van der Waals surface area contributed by atoms with Crippen molar-refractivity contribution in [2.75, 3.05) is 17.2 Å². The van der Waals surface area contributed by atoms with Crippen LogP contribution in [0.25, 0.3) is 0 Å². The van der Waals surface area contributed by atoms with Crippen molar-refractivity contribution in [1.82, 2.24) is 15.0 Å². The first kappa shape index (κ1) is 14.1. The molecule has 2 heterocycles. The number of nitrogens with zero attached hydrogens (tertiary/aromatic N) is 4. The van der Waals surface area contributed by atoms with E-state index in [1.54, 1.807) is 12.4 Å². The number of nitro groups is 1. The number of nitrogens with one attached hydrogen (secondary N) is 2. The van der Waals surface area contributed by atoms with E-state index in [0.29, 0.717) is 24.7 Å². The molecule has 0 spiro atoms. The van der Waals surface area contributed by atoms with Crippen molar-refractivity contribution < 1.29 is 4.92 Å². The van der Waals surface area contributed by atoms with E-state index < -0.39 is 4.92 Å². The molecular formula is C11H14N6O2S. The highest BCUT2D eigenvalue weighted by Crippen LogP contribution is 2.26. The third kappa shape index (κ3) is 3.18. The van der Waals surface area contributed by atoms with E-state index >= 15 is 0 Å². The van der Waals surface area contributed by atoms with Crippen LogP contribution < -0.4 is 10.6 Å². The molecule has 0 radical (unpaired) electrons. The van der Waals surface area contributed by atoms with Gasteiger partial charge in [-0.2, -0.15) is 4.98 Å². The third-order valence-corrected chi connectivity index (χ3v) is 3.13. The van der Waals surface area contributed by atoms with Crippen LogP contribution in [0.1, 0.15) is 18.3 Å². The molecule has 0 fully saturated rings. The highest BCUT2D eigenvalue weighted by atomic mass is 32.1. The number of rotatable bonds is 6. The first-order valence-electron chi connectivity index (χ1n) is 5.99. The monoisotopic (exact) mass is 294 g/mol. The molecule has 0 atom stereocenters. The SMILES string of the molecule is CCNc1nc(C)c([N+](=O)[O-])c(NCc2cscn2)n1.